The first-order chi connectivity index (χ1) is 8.95. The van der Waals surface area contributed by atoms with Crippen LogP contribution in [0.3, 0.4) is 0 Å². The minimum atomic E-state index is -1.45. The third-order valence-electron chi connectivity index (χ3n) is 2.09. The molecule has 0 fully saturated rings. The van der Waals surface area contributed by atoms with Crippen molar-refractivity contribution in [3.8, 4) is 0 Å². The number of aliphatic hydroxyl groups excluding tert-OH is 1. The Morgan fingerprint density at radius 2 is 2.00 bits per heavy atom. The van der Waals surface area contributed by atoms with E-state index in [-0.39, 0.29) is 12.2 Å². The molecule has 0 spiro atoms. The Morgan fingerprint density at radius 1 is 1.47 bits per heavy atom. The van der Waals surface area contributed by atoms with Crippen LogP contribution in [0.1, 0.15) is 47.5 Å². The van der Waals surface area contributed by atoms with E-state index in [0.29, 0.717) is 12.8 Å². The summed E-state index contributed by atoms with van der Waals surface area (Å²) in [7, 11) is 0. The average Bonchev–Trinajstić information content (AvgIpc) is 2.40. The van der Waals surface area contributed by atoms with Crippen molar-refractivity contribution < 1.29 is 19.2 Å². The Bertz CT molecular complexity index is 327. The Hall–Kier alpha value is -1.27. The largest absolute Gasteiger partial charge is 0.364 e. The maximum absolute atomic E-state index is 13.7. The van der Waals surface area contributed by atoms with Crippen molar-refractivity contribution in [1.82, 2.24) is 0 Å². The quantitative estimate of drug-likeness (QED) is 0.334. The first-order valence-electron chi connectivity index (χ1n) is 6.46. The van der Waals surface area contributed by atoms with Crippen LogP contribution in [-0.4, -0.2) is 22.9 Å². The van der Waals surface area contributed by atoms with Gasteiger partial charge in [0.15, 0.2) is 6.29 Å². The molecule has 5 nitrogen and oxygen atoms in total. The SMILES string of the molecule is CC.CCC/C=C(\C(F)=C(/C)C(O)OCC)[N+](=O)[O-]. The molecule has 0 saturated carbocycles. The number of hydrogen-bond donors (Lipinski definition) is 1. The fourth-order valence-electron chi connectivity index (χ4n) is 1.12. The molecule has 1 N–H and O–H groups in total. The number of ether oxygens (including phenoxy) is 1. The van der Waals surface area contributed by atoms with Gasteiger partial charge in [-0.1, -0.05) is 27.2 Å². The fraction of sp³-hybridized carbons (Fsp3) is 0.692. The lowest BCUT2D eigenvalue weighted by Gasteiger charge is -2.11. The van der Waals surface area contributed by atoms with Crippen molar-refractivity contribution in [2.24, 2.45) is 0 Å². The molecule has 0 aromatic heterocycles. The summed E-state index contributed by atoms with van der Waals surface area (Å²) in [4.78, 5) is 9.87. The first-order valence-corrected chi connectivity index (χ1v) is 6.46. The standard InChI is InChI=1S/C11H18FNO4.C2H6/c1-4-6-7-9(13(15)16)10(12)8(3)11(14)17-5-2;1-2/h7,11,14H,4-6H2,1-3H3;1-2H3/b9-7+,10-8-;. The summed E-state index contributed by atoms with van der Waals surface area (Å²) in [6, 6.07) is 0. The molecule has 0 radical (unpaired) electrons. The summed E-state index contributed by atoms with van der Waals surface area (Å²) in [6.07, 6.45) is 0.835. The van der Waals surface area contributed by atoms with E-state index in [1.54, 1.807) is 6.92 Å². The number of allylic oxidation sites excluding steroid dienone is 2. The lowest BCUT2D eigenvalue weighted by Crippen LogP contribution is -2.15. The van der Waals surface area contributed by atoms with Gasteiger partial charge in [-0.05, 0) is 26.3 Å². The van der Waals surface area contributed by atoms with Gasteiger partial charge in [0.2, 0.25) is 5.83 Å². The second kappa shape index (κ2) is 11.8. The minimum Gasteiger partial charge on any atom is -0.364 e. The highest BCUT2D eigenvalue weighted by Crippen LogP contribution is 2.20. The second-order valence-electron chi connectivity index (χ2n) is 3.44. The summed E-state index contributed by atoms with van der Waals surface area (Å²) >= 11 is 0. The highest BCUT2D eigenvalue weighted by Gasteiger charge is 2.23. The zero-order valence-corrected chi connectivity index (χ0v) is 12.3. The van der Waals surface area contributed by atoms with Gasteiger partial charge in [0.1, 0.15) is 0 Å². The van der Waals surface area contributed by atoms with E-state index in [1.807, 2.05) is 20.8 Å². The van der Waals surface area contributed by atoms with Gasteiger partial charge in [0, 0.05) is 12.2 Å². The van der Waals surface area contributed by atoms with E-state index in [2.05, 4.69) is 0 Å². The molecule has 19 heavy (non-hydrogen) atoms. The highest BCUT2D eigenvalue weighted by atomic mass is 19.1. The van der Waals surface area contributed by atoms with Crippen molar-refractivity contribution >= 4 is 0 Å². The van der Waals surface area contributed by atoms with E-state index >= 15 is 0 Å². The van der Waals surface area contributed by atoms with Crippen LogP contribution in [0.2, 0.25) is 0 Å². The molecule has 0 saturated heterocycles. The van der Waals surface area contributed by atoms with Crippen LogP contribution in [0.5, 0.6) is 0 Å². The summed E-state index contributed by atoms with van der Waals surface area (Å²) in [5, 5.41) is 20.0. The van der Waals surface area contributed by atoms with E-state index in [9.17, 15) is 19.6 Å². The van der Waals surface area contributed by atoms with E-state index < -0.39 is 22.7 Å². The number of hydrogen-bond acceptors (Lipinski definition) is 4. The molecule has 1 atom stereocenters. The zero-order valence-electron chi connectivity index (χ0n) is 12.3. The van der Waals surface area contributed by atoms with Crippen LogP contribution in [0.15, 0.2) is 23.2 Å². The van der Waals surface area contributed by atoms with Crippen LogP contribution < -0.4 is 0 Å². The maximum Gasteiger partial charge on any atom is 0.300 e. The monoisotopic (exact) mass is 277 g/mol. The Morgan fingerprint density at radius 3 is 2.37 bits per heavy atom. The van der Waals surface area contributed by atoms with Gasteiger partial charge in [0.25, 0.3) is 0 Å². The molecule has 0 bridgehead atoms. The van der Waals surface area contributed by atoms with E-state index in [4.69, 9.17) is 4.74 Å². The Kier molecular flexibility index (Phi) is 12.5. The minimum absolute atomic E-state index is 0.189. The molecule has 0 aromatic carbocycles. The second-order valence-corrected chi connectivity index (χ2v) is 3.44. The molecule has 6 heteroatoms. The third-order valence-corrected chi connectivity index (χ3v) is 2.09. The molecule has 0 aromatic rings. The van der Waals surface area contributed by atoms with E-state index in [1.165, 1.54) is 13.0 Å². The third kappa shape index (κ3) is 7.69. The fourth-order valence-corrected chi connectivity index (χ4v) is 1.12. The first kappa shape index (κ1) is 20.1. The van der Waals surface area contributed by atoms with Crippen LogP contribution >= 0.6 is 0 Å². The maximum atomic E-state index is 13.7. The summed E-state index contributed by atoms with van der Waals surface area (Å²) < 4.78 is 18.5. The van der Waals surface area contributed by atoms with Crippen LogP contribution in [0, 0.1) is 10.1 Å². The van der Waals surface area contributed by atoms with Crippen molar-refractivity contribution in [1.29, 1.82) is 0 Å². The molecule has 112 valence electrons. The molecule has 0 amide bonds. The van der Waals surface area contributed by atoms with Gasteiger partial charge >= 0.3 is 5.70 Å². The van der Waals surface area contributed by atoms with Crippen LogP contribution in [0.4, 0.5) is 4.39 Å². The summed E-state index contributed by atoms with van der Waals surface area (Å²) in [5.74, 6) is -1.04. The summed E-state index contributed by atoms with van der Waals surface area (Å²) in [5.41, 5.74) is -0.811. The van der Waals surface area contributed by atoms with Crippen molar-refractivity contribution in [3.05, 3.63) is 33.3 Å². The molecule has 0 aliphatic carbocycles. The van der Waals surface area contributed by atoms with Gasteiger partial charge in [-0.3, -0.25) is 10.1 Å². The Balaban J connectivity index is 0. The van der Waals surface area contributed by atoms with E-state index in [0.717, 1.165) is 0 Å². The summed E-state index contributed by atoms with van der Waals surface area (Å²) in [6.45, 7) is 8.92. The van der Waals surface area contributed by atoms with Gasteiger partial charge in [-0.15, -0.1) is 0 Å². The molecule has 0 aliphatic rings. The van der Waals surface area contributed by atoms with Crippen molar-refractivity contribution in [2.45, 2.75) is 53.8 Å². The van der Waals surface area contributed by atoms with Crippen molar-refractivity contribution in [2.75, 3.05) is 6.61 Å². The molecule has 0 rings (SSSR count). The number of nitro groups is 1. The molecular weight excluding hydrogens is 253 g/mol. The van der Waals surface area contributed by atoms with Gasteiger partial charge < -0.3 is 9.84 Å². The van der Waals surface area contributed by atoms with Gasteiger partial charge in [-0.2, -0.15) is 4.39 Å². The highest BCUT2D eigenvalue weighted by molar-refractivity contribution is 5.25. The number of halogens is 1. The molecule has 0 aliphatic heterocycles. The smallest absolute Gasteiger partial charge is 0.300 e. The number of nitrogens with zero attached hydrogens (tertiary/aromatic N) is 1. The lowest BCUT2D eigenvalue weighted by molar-refractivity contribution is -0.423. The van der Waals surface area contributed by atoms with Gasteiger partial charge in [0.05, 0.1) is 4.92 Å². The van der Waals surface area contributed by atoms with Gasteiger partial charge in [-0.25, -0.2) is 0 Å². The predicted molar refractivity (Wildman–Crippen MR) is 72.8 cm³/mol. The molecule has 0 heterocycles. The predicted octanol–water partition coefficient (Wildman–Crippen LogP) is 3.57. The molecular formula is C13H24FNO4. The van der Waals surface area contributed by atoms with Crippen LogP contribution in [-0.2, 0) is 4.74 Å². The van der Waals surface area contributed by atoms with Crippen LogP contribution in [0.25, 0.3) is 0 Å². The number of rotatable bonds is 7. The number of aliphatic hydroxyl groups is 1. The number of unbranched alkanes of at least 4 members (excludes halogenated alkanes) is 1. The average molecular weight is 277 g/mol. The zero-order chi connectivity index (χ0) is 15.4. The molecule has 1 unspecified atom stereocenters. The Labute approximate surface area is 113 Å². The van der Waals surface area contributed by atoms with Crippen molar-refractivity contribution in [3.63, 3.8) is 0 Å². The topological polar surface area (TPSA) is 72.6 Å². The normalized spacial score (nSPS) is 14.2. The lowest BCUT2D eigenvalue weighted by atomic mass is 10.2.